The van der Waals surface area contributed by atoms with Crippen LogP contribution >= 0.6 is 0 Å². The number of rotatable bonds is 7. The molecule has 0 aromatic heterocycles. The molecule has 3 aromatic rings. The smallest absolute Gasteiger partial charge is 0.251 e. The van der Waals surface area contributed by atoms with Crippen molar-refractivity contribution >= 4 is 11.7 Å². The number of likely N-dealkylation sites (N-methyl/N-ethyl adjacent to an activating group) is 1. The summed E-state index contributed by atoms with van der Waals surface area (Å²) in [5, 5.41) is 3.01. The van der Waals surface area contributed by atoms with Crippen molar-refractivity contribution in [2.24, 2.45) is 0 Å². The molecule has 0 saturated carbocycles. The quantitative estimate of drug-likeness (QED) is 0.626. The zero-order valence-corrected chi connectivity index (χ0v) is 16.2. The van der Waals surface area contributed by atoms with E-state index in [1.807, 2.05) is 36.4 Å². The maximum absolute atomic E-state index is 12.5. The van der Waals surface area contributed by atoms with Gasteiger partial charge < -0.3 is 10.2 Å². The molecule has 3 aromatic carbocycles. The molecule has 4 heteroatoms. The topological polar surface area (TPSA) is 50.6 Å². The number of carbonyl (C=O) groups is 2. The fourth-order valence-electron chi connectivity index (χ4n) is 3.17. The molecule has 3 rings (SSSR count). The lowest BCUT2D eigenvalue weighted by Crippen LogP contribution is -3.07. The zero-order valence-electron chi connectivity index (χ0n) is 16.2. The average molecular weight is 373 g/mol. The Kier molecular flexibility index (Phi) is 6.35. The third-order valence-corrected chi connectivity index (χ3v) is 4.81. The Morgan fingerprint density at radius 2 is 1.25 bits per heavy atom. The lowest BCUT2D eigenvalue weighted by molar-refractivity contribution is -0.890. The van der Waals surface area contributed by atoms with Crippen LogP contribution in [0.3, 0.4) is 0 Å². The molecule has 0 radical (unpaired) electrons. The van der Waals surface area contributed by atoms with Gasteiger partial charge in [-0.15, -0.1) is 0 Å². The van der Waals surface area contributed by atoms with E-state index in [1.54, 1.807) is 36.4 Å². The van der Waals surface area contributed by atoms with E-state index in [0.29, 0.717) is 23.2 Å². The van der Waals surface area contributed by atoms with E-state index < -0.39 is 0 Å². The van der Waals surface area contributed by atoms with Crippen molar-refractivity contribution in [3.63, 3.8) is 0 Å². The van der Waals surface area contributed by atoms with E-state index in [2.05, 4.69) is 31.5 Å². The molecule has 0 aliphatic heterocycles. The zero-order chi connectivity index (χ0) is 19.9. The minimum absolute atomic E-state index is 0.0482. The van der Waals surface area contributed by atoms with E-state index in [0.717, 1.165) is 0 Å². The molecule has 0 fully saturated rings. The van der Waals surface area contributed by atoms with Crippen LogP contribution in [0.25, 0.3) is 0 Å². The predicted octanol–water partition coefficient (Wildman–Crippen LogP) is 2.53. The van der Waals surface area contributed by atoms with Gasteiger partial charge in [0, 0.05) is 22.3 Å². The highest BCUT2D eigenvalue weighted by atomic mass is 16.1. The molecule has 2 N–H and O–H groups in total. The molecule has 4 nitrogen and oxygen atoms in total. The predicted molar refractivity (Wildman–Crippen MR) is 111 cm³/mol. The van der Waals surface area contributed by atoms with Crippen LogP contribution in [0, 0.1) is 0 Å². The minimum Gasteiger partial charge on any atom is -0.346 e. The Morgan fingerprint density at radius 1 is 0.750 bits per heavy atom. The Hall–Kier alpha value is -3.24. The first kappa shape index (κ1) is 19.5. The van der Waals surface area contributed by atoms with Crippen molar-refractivity contribution in [3.8, 4) is 0 Å². The largest absolute Gasteiger partial charge is 0.346 e. The summed E-state index contributed by atoms with van der Waals surface area (Å²) in [6.45, 7) is 0.538. The normalized spacial score (nSPS) is 11.8. The number of quaternary nitrogens is 1. The van der Waals surface area contributed by atoms with Crippen molar-refractivity contribution in [1.82, 2.24) is 5.32 Å². The maximum Gasteiger partial charge on any atom is 0.251 e. The van der Waals surface area contributed by atoms with Gasteiger partial charge in [-0.05, 0) is 12.1 Å². The summed E-state index contributed by atoms with van der Waals surface area (Å²) in [4.78, 5) is 26.3. The lowest BCUT2D eigenvalue weighted by atomic mass is 10.0. The number of hydrogen-bond acceptors (Lipinski definition) is 2. The van der Waals surface area contributed by atoms with Crippen molar-refractivity contribution in [1.29, 1.82) is 0 Å². The van der Waals surface area contributed by atoms with Crippen LogP contribution in [0.15, 0.2) is 84.9 Å². The van der Waals surface area contributed by atoms with E-state index in [-0.39, 0.29) is 17.7 Å². The number of hydrogen-bond donors (Lipinski definition) is 2. The Bertz CT molecular complexity index is 920. The van der Waals surface area contributed by atoms with Gasteiger partial charge in [0.15, 0.2) is 5.78 Å². The van der Waals surface area contributed by atoms with Gasteiger partial charge in [0.25, 0.3) is 5.91 Å². The third kappa shape index (κ3) is 4.72. The number of carbonyl (C=O) groups excluding carboxylic acids is 2. The monoisotopic (exact) mass is 373 g/mol. The number of benzene rings is 3. The minimum atomic E-state index is -0.138. The van der Waals surface area contributed by atoms with Gasteiger partial charge in [0.05, 0.1) is 20.6 Å². The lowest BCUT2D eigenvalue weighted by Gasteiger charge is -2.22. The Balaban J connectivity index is 1.65. The summed E-state index contributed by atoms with van der Waals surface area (Å²) in [6.07, 6.45) is 0. The standard InChI is InChI=1S/C24H24N2O2/c1-26(2)22(18-9-5-3-6-10-18)17-25-24(28)21-15-13-20(14-16-21)23(27)19-11-7-4-8-12-19/h3-16,22H,17H2,1-2H3,(H,25,28)/p+1/t22-/m0/s1. The van der Waals surface area contributed by atoms with Crippen molar-refractivity contribution in [3.05, 3.63) is 107 Å². The molecular weight excluding hydrogens is 348 g/mol. The van der Waals surface area contributed by atoms with Crippen LogP contribution in [-0.2, 0) is 0 Å². The molecule has 0 aliphatic carbocycles. The molecule has 0 bridgehead atoms. The summed E-state index contributed by atoms with van der Waals surface area (Å²) in [7, 11) is 4.15. The molecule has 0 unspecified atom stereocenters. The molecule has 1 atom stereocenters. The first-order valence-electron chi connectivity index (χ1n) is 9.39. The molecule has 0 spiro atoms. The fraction of sp³-hybridized carbons (Fsp3) is 0.167. The van der Waals surface area contributed by atoms with Crippen molar-refractivity contribution in [2.45, 2.75) is 6.04 Å². The third-order valence-electron chi connectivity index (χ3n) is 4.81. The van der Waals surface area contributed by atoms with Crippen LogP contribution in [0.1, 0.15) is 37.9 Å². The summed E-state index contributed by atoms with van der Waals surface area (Å²) >= 11 is 0. The first-order valence-corrected chi connectivity index (χ1v) is 9.39. The first-order chi connectivity index (χ1) is 13.6. The molecule has 0 heterocycles. The Labute approximate surface area is 165 Å². The van der Waals surface area contributed by atoms with Crippen LogP contribution in [0.4, 0.5) is 0 Å². The van der Waals surface area contributed by atoms with E-state index in [1.165, 1.54) is 10.5 Å². The molecule has 28 heavy (non-hydrogen) atoms. The molecular formula is C24H25N2O2+. The van der Waals surface area contributed by atoms with E-state index in [9.17, 15) is 9.59 Å². The number of amides is 1. The van der Waals surface area contributed by atoms with Crippen LogP contribution in [-0.4, -0.2) is 32.3 Å². The second-order valence-corrected chi connectivity index (χ2v) is 7.02. The van der Waals surface area contributed by atoms with Crippen molar-refractivity contribution < 1.29 is 14.5 Å². The van der Waals surface area contributed by atoms with Gasteiger partial charge in [-0.1, -0.05) is 72.8 Å². The maximum atomic E-state index is 12.5. The SMILES string of the molecule is C[NH+](C)[C@@H](CNC(=O)c1ccc(C(=O)c2ccccc2)cc1)c1ccccc1. The average Bonchev–Trinajstić information content (AvgIpc) is 2.74. The van der Waals surface area contributed by atoms with Gasteiger partial charge in [-0.25, -0.2) is 0 Å². The fourth-order valence-corrected chi connectivity index (χ4v) is 3.17. The molecule has 1 amide bonds. The van der Waals surface area contributed by atoms with Crippen LogP contribution in [0.2, 0.25) is 0 Å². The van der Waals surface area contributed by atoms with E-state index in [4.69, 9.17) is 0 Å². The molecule has 0 aliphatic rings. The Morgan fingerprint density at radius 3 is 1.82 bits per heavy atom. The summed E-state index contributed by atoms with van der Waals surface area (Å²) < 4.78 is 0. The molecule has 142 valence electrons. The van der Waals surface area contributed by atoms with Gasteiger partial charge in [0.1, 0.15) is 6.04 Å². The highest BCUT2D eigenvalue weighted by Crippen LogP contribution is 2.12. The second kappa shape index (κ2) is 9.11. The number of ketones is 1. The highest BCUT2D eigenvalue weighted by molar-refractivity contribution is 6.09. The van der Waals surface area contributed by atoms with Gasteiger partial charge >= 0.3 is 0 Å². The van der Waals surface area contributed by atoms with Gasteiger partial charge in [0.2, 0.25) is 0 Å². The van der Waals surface area contributed by atoms with Crippen LogP contribution < -0.4 is 10.2 Å². The van der Waals surface area contributed by atoms with Crippen LogP contribution in [0.5, 0.6) is 0 Å². The summed E-state index contributed by atoms with van der Waals surface area (Å²) in [5.74, 6) is -0.186. The van der Waals surface area contributed by atoms with Crippen molar-refractivity contribution in [2.75, 3.05) is 20.6 Å². The van der Waals surface area contributed by atoms with E-state index >= 15 is 0 Å². The van der Waals surface area contributed by atoms with Gasteiger partial charge in [-0.2, -0.15) is 0 Å². The summed E-state index contributed by atoms with van der Waals surface area (Å²) in [6, 6.07) is 26.3. The highest BCUT2D eigenvalue weighted by Gasteiger charge is 2.19. The second-order valence-electron chi connectivity index (χ2n) is 7.02. The summed E-state index contributed by atoms with van der Waals surface area (Å²) in [5.41, 5.74) is 2.94. The molecule has 0 saturated heterocycles. The number of nitrogens with one attached hydrogen (secondary N) is 2. The van der Waals surface area contributed by atoms with Gasteiger partial charge in [-0.3, -0.25) is 9.59 Å².